The van der Waals surface area contributed by atoms with Crippen molar-refractivity contribution in [3.8, 4) is 22.8 Å². The highest BCUT2D eigenvalue weighted by molar-refractivity contribution is 5.77. The number of nitrogens with zero attached hydrogens (tertiary/aromatic N) is 2. The highest BCUT2D eigenvalue weighted by Crippen LogP contribution is 2.32. The van der Waals surface area contributed by atoms with Gasteiger partial charge in [-0.25, -0.2) is 0 Å². The summed E-state index contributed by atoms with van der Waals surface area (Å²) in [6, 6.07) is 5.49. The molecule has 0 aliphatic rings. The summed E-state index contributed by atoms with van der Waals surface area (Å²) in [4.78, 5) is 20.8. The average molecular weight is 385 g/mol. The Morgan fingerprint density at radius 2 is 1.93 bits per heavy atom. The Labute approximate surface area is 168 Å². The van der Waals surface area contributed by atoms with Gasteiger partial charge in [0, 0.05) is 24.4 Å². The van der Waals surface area contributed by atoms with Gasteiger partial charge >= 0.3 is 5.97 Å². The maximum absolute atomic E-state index is 12.3. The summed E-state index contributed by atoms with van der Waals surface area (Å²) < 4.78 is 11.5. The number of hydrogen-bond donors (Lipinski definition) is 0. The average Bonchev–Trinajstić information content (AvgIpc) is 2.73. The Hall–Kier alpha value is -2.43. The maximum atomic E-state index is 12.3. The largest absolute Gasteiger partial charge is 0.493 e. The molecule has 0 aliphatic heterocycles. The molecule has 152 valence electrons. The van der Waals surface area contributed by atoms with Gasteiger partial charge < -0.3 is 9.47 Å². The first-order valence-corrected chi connectivity index (χ1v) is 10.4. The molecule has 0 amide bonds. The van der Waals surface area contributed by atoms with Crippen molar-refractivity contribution >= 4 is 5.97 Å². The Morgan fingerprint density at radius 3 is 2.64 bits per heavy atom. The van der Waals surface area contributed by atoms with Crippen LogP contribution in [-0.4, -0.2) is 22.5 Å². The molecule has 28 heavy (non-hydrogen) atoms. The molecule has 1 heterocycles. The van der Waals surface area contributed by atoms with Crippen LogP contribution in [0.2, 0.25) is 0 Å². The summed E-state index contributed by atoms with van der Waals surface area (Å²) in [7, 11) is 0. The number of rotatable bonds is 12. The van der Waals surface area contributed by atoms with Gasteiger partial charge in [0.15, 0.2) is 0 Å². The first-order valence-electron chi connectivity index (χ1n) is 10.4. The lowest BCUT2D eigenvalue weighted by molar-refractivity contribution is -0.134. The third-order valence-corrected chi connectivity index (χ3v) is 4.73. The standard InChI is InChI=1S/C23H32N2O3/c1-4-6-7-8-9-10-23(26)28-22-12-11-19(27-17-18(3)5-2)15-20(22)21-16-24-13-14-25-21/h11-16,18H,4-10,17H2,1-3H3. The van der Waals surface area contributed by atoms with Crippen molar-refractivity contribution in [3.05, 3.63) is 36.8 Å². The Bertz CT molecular complexity index is 719. The minimum Gasteiger partial charge on any atom is -0.493 e. The van der Waals surface area contributed by atoms with Gasteiger partial charge in [-0.1, -0.05) is 52.9 Å². The normalized spacial score (nSPS) is 11.8. The Kier molecular flexibility index (Phi) is 9.46. The number of carbonyl (C=O) groups is 1. The number of carbonyl (C=O) groups excluding carboxylic acids is 1. The van der Waals surface area contributed by atoms with Crippen LogP contribution in [0.25, 0.3) is 11.3 Å². The molecule has 0 fully saturated rings. The Balaban J connectivity index is 2.08. The molecule has 1 unspecified atom stereocenters. The number of hydrogen-bond acceptors (Lipinski definition) is 5. The third-order valence-electron chi connectivity index (χ3n) is 4.73. The zero-order valence-corrected chi connectivity index (χ0v) is 17.3. The fourth-order valence-corrected chi connectivity index (χ4v) is 2.73. The van der Waals surface area contributed by atoms with Gasteiger partial charge in [0.25, 0.3) is 0 Å². The first-order chi connectivity index (χ1) is 13.6. The molecule has 0 spiro atoms. The minimum atomic E-state index is -0.213. The molecule has 1 atom stereocenters. The van der Waals surface area contributed by atoms with Crippen molar-refractivity contribution in [2.75, 3.05) is 6.61 Å². The van der Waals surface area contributed by atoms with Crippen molar-refractivity contribution in [1.82, 2.24) is 9.97 Å². The summed E-state index contributed by atoms with van der Waals surface area (Å²) >= 11 is 0. The highest BCUT2D eigenvalue weighted by atomic mass is 16.5. The summed E-state index contributed by atoms with van der Waals surface area (Å²) in [6.45, 7) is 7.12. The van der Waals surface area contributed by atoms with Gasteiger partial charge in [0.05, 0.1) is 18.5 Å². The van der Waals surface area contributed by atoms with E-state index in [0.29, 0.717) is 36.0 Å². The second-order valence-corrected chi connectivity index (χ2v) is 7.21. The SMILES string of the molecule is CCCCCCCC(=O)Oc1ccc(OCC(C)CC)cc1-c1cnccn1. The van der Waals surface area contributed by atoms with Gasteiger partial charge in [-0.3, -0.25) is 14.8 Å². The van der Waals surface area contributed by atoms with Gasteiger partial charge in [-0.15, -0.1) is 0 Å². The van der Waals surface area contributed by atoms with Gasteiger partial charge in [-0.2, -0.15) is 0 Å². The molecule has 1 aromatic heterocycles. The van der Waals surface area contributed by atoms with Crippen LogP contribution in [0.4, 0.5) is 0 Å². The van der Waals surface area contributed by atoms with Crippen LogP contribution in [0.5, 0.6) is 11.5 Å². The van der Waals surface area contributed by atoms with Crippen LogP contribution >= 0.6 is 0 Å². The zero-order chi connectivity index (χ0) is 20.2. The molecule has 2 rings (SSSR count). The topological polar surface area (TPSA) is 61.3 Å². The fraction of sp³-hybridized carbons (Fsp3) is 0.522. The van der Waals surface area contributed by atoms with E-state index >= 15 is 0 Å². The molecule has 0 radical (unpaired) electrons. The molecule has 1 aromatic carbocycles. The van der Waals surface area contributed by atoms with E-state index in [0.717, 1.165) is 31.4 Å². The molecule has 0 bridgehead atoms. The third kappa shape index (κ3) is 7.29. The first kappa shape index (κ1) is 21.9. The highest BCUT2D eigenvalue weighted by Gasteiger charge is 2.14. The van der Waals surface area contributed by atoms with Crippen molar-refractivity contribution in [3.63, 3.8) is 0 Å². The van der Waals surface area contributed by atoms with Crippen molar-refractivity contribution in [2.24, 2.45) is 5.92 Å². The summed E-state index contributed by atoms with van der Waals surface area (Å²) in [5.74, 6) is 1.50. The quantitative estimate of drug-likeness (QED) is 0.261. The molecule has 5 nitrogen and oxygen atoms in total. The number of unbranched alkanes of at least 4 members (excludes halogenated alkanes) is 4. The molecular formula is C23H32N2O3. The smallest absolute Gasteiger partial charge is 0.311 e. The molecule has 0 saturated heterocycles. The summed E-state index contributed by atoms with van der Waals surface area (Å²) in [6.07, 6.45) is 11.9. The molecule has 0 saturated carbocycles. The summed E-state index contributed by atoms with van der Waals surface area (Å²) in [5.41, 5.74) is 1.37. The zero-order valence-electron chi connectivity index (χ0n) is 17.3. The van der Waals surface area contributed by atoms with Crippen LogP contribution in [0.3, 0.4) is 0 Å². The second-order valence-electron chi connectivity index (χ2n) is 7.21. The van der Waals surface area contributed by atoms with Gasteiger partial charge in [0.1, 0.15) is 11.5 Å². The molecule has 0 N–H and O–H groups in total. The molecular weight excluding hydrogens is 352 g/mol. The van der Waals surface area contributed by atoms with E-state index in [-0.39, 0.29) is 5.97 Å². The van der Waals surface area contributed by atoms with E-state index in [1.165, 1.54) is 12.8 Å². The van der Waals surface area contributed by atoms with Gasteiger partial charge in [0.2, 0.25) is 0 Å². The number of esters is 1. The van der Waals surface area contributed by atoms with Crippen LogP contribution in [0.15, 0.2) is 36.8 Å². The monoisotopic (exact) mass is 384 g/mol. The van der Waals surface area contributed by atoms with Crippen molar-refractivity contribution < 1.29 is 14.3 Å². The lowest BCUT2D eigenvalue weighted by Gasteiger charge is -2.14. The van der Waals surface area contributed by atoms with Crippen LogP contribution in [0.1, 0.15) is 65.7 Å². The van der Waals surface area contributed by atoms with E-state index < -0.39 is 0 Å². The predicted molar refractivity (Wildman–Crippen MR) is 111 cm³/mol. The van der Waals surface area contributed by atoms with E-state index in [1.54, 1.807) is 24.7 Å². The van der Waals surface area contributed by atoms with Gasteiger partial charge in [-0.05, 0) is 30.5 Å². The molecule has 2 aromatic rings. The fourth-order valence-electron chi connectivity index (χ4n) is 2.73. The van der Waals surface area contributed by atoms with E-state index in [4.69, 9.17) is 9.47 Å². The number of benzene rings is 1. The second kappa shape index (κ2) is 12.1. The van der Waals surface area contributed by atoms with Crippen molar-refractivity contribution in [2.45, 2.75) is 65.7 Å². The minimum absolute atomic E-state index is 0.213. The summed E-state index contributed by atoms with van der Waals surface area (Å²) in [5, 5.41) is 0. The van der Waals surface area contributed by atoms with Crippen molar-refractivity contribution in [1.29, 1.82) is 0 Å². The molecule has 5 heteroatoms. The van der Waals surface area contributed by atoms with E-state index in [9.17, 15) is 4.79 Å². The number of aromatic nitrogens is 2. The lowest BCUT2D eigenvalue weighted by atomic mass is 10.1. The van der Waals surface area contributed by atoms with Crippen LogP contribution in [-0.2, 0) is 4.79 Å². The lowest BCUT2D eigenvalue weighted by Crippen LogP contribution is -2.10. The predicted octanol–water partition coefficient (Wildman–Crippen LogP) is 5.83. The van der Waals surface area contributed by atoms with E-state index in [2.05, 4.69) is 30.7 Å². The van der Waals surface area contributed by atoms with E-state index in [1.807, 2.05) is 12.1 Å². The molecule has 0 aliphatic carbocycles. The Morgan fingerprint density at radius 1 is 1.11 bits per heavy atom. The maximum Gasteiger partial charge on any atom is 0.311 e. The van der Waals surface area contributed by atoms with Crippen LogP contribution in [0, 0.1) is 5.92 Å². The van der Waals surface area contributed by atoms with Crippen LogP contribution < -0.4 is 9.47 Å². The number of ether oxygens (including phenoxy) is 2.